The second-order valence-corrected chi connectivity index (χ2v) is 10.5. The molecule has 0 aliphatic heterocycles. The molecule has 0 aromatic heterocycles. The molecule has 2 aromatic carbocycles. The van der Waals surface area contributed by atoms with Gasteiger partial charge in [-0.05, 0) is 49.6 Å². The number of benzene rings is 2. The summed E-state index contributed by atoms with van der Waals surface area (Å²) in [5, 5.41) is 2.82. The summed E-state index contributed by atoms with van der Waals surface area (Å²) in [7, 11) is -3.73. The van der Waals surface area contributed by atoms with Crippen molar-refractivity contribution in [3.63, 3.8) is 0 Å². The predicted molar refractivity (Wildman–Crippen MR) is 131 cm³/mol. The number of nitrogens with one attached hydrogen (secondary N) is 1. The van der Waals surface area contributed by atoms with Gasteiger partial charge in [0.15, 0.2) is 0 Å². The summed E-state index contributed by atoms with van der Waals surface area (Å²) in [6, 6.07) is 13.7. The fraction of sp³-hybridized carbons (Fsp3) is 0.391. The van der Waals surface area contributed by atoms with Crippen molar-refractivity contribution in [1.29, 1.82) is 0 Å². The summed E-state index contributed by atoms with van der Waals surface area (Å²) in [4.78, 5) is 27.5. The monoisotopic (exact) mass is 523 g/mol. The molecule has 0 heterocycles. The quantitative estimate of drug-likeness (QED) is 0.516. The first-order chi connectivity index (χ1) is 15.0. The van der Waals surface area contributed by atoms with E-state index >= 15 is 0 Å². The molecule has 2 amide bonds. The molecule has 1 N–H and O–H groups in total. The van der Waals surface area contributed by atoms with Crippen LogP contribution in [0.2, 0.25) is 0 Å². The van der Waals surface area contributed by atoms with E-state index in [0.717, 1.165) is 32.6 Å². The Morgan fingerprint density at radius 3 is 2.41 bits per heavy atom. The number of hydrogen-bond acceptors (Lipinski definition) is 4. The third-order valence-electron chi connectivity index (χ3n) is 5.02. The van der Waals surface area contributed by atoms with Gasteiger partial charge < -0.3 is 10.2 Å². The van der Waals surface area contributed by atoms with Gasteiger partial charge in [0.2, 0.25) is 21.8 Å². The number of para-hydroxylation sites is 1. The molecule has 2 rings (SSSR count). The van der Waals surface area contributed by atoms with Crippen molar-refractivity contribution in [3.05, 3.63) is 64.1 Å². The molecule has 32 heavy (non-hydrogen) atoms. The minimum Gasteiger partial charge on any atom is -0.354 e. The van der Waals surface area contributed by atoms with Crippen LogP contribution in [0.5, 0.6) is 0 Å². The number of halogens is 1. The standard InChI is InChI=1S/C23H30BrN3O4S/c1-5-13-25-23(29)18(3)26(15-19-10-8-11-20(24)14-19)22(28)16-27(32(4,30)31)21-12-7-6-9-17(21)2/h6-12,14,18H,5,13,15-16H2,1-4H3,(H,25,29)/t18-/m1/s1. The van der Waals surface area contributed by atoms with Crippen LogP contribution in [0.4, 0.5) is 5.69 Å². The molecule has 9 heteroatoms. The van der Waals surface area contributed by atoms with Gasteiger partial charge >= 0.3 is 0 Å². The summed E-state index contributed by atoms with van der Waals surface area (Å²) in [5.41, 5.74) is 2.00. The van der Waals surface area contributed by atoms with Crippen LogP contribution >= 0.6 is 15.9 Å². The van der Waals surface area contributed by atoms with E-state index in [1.165, 1.54) is 4.90 Å². The average Bonchev–Trinajstić information content (AvgIpc) is 2.73. The van der Waals surface area contributed by atoms with Crippen LogP contribution in [0.3, 0.4) is 0 Å². The number of rotatable bonds is 10. The highest BCUT2D eigenvalue weighted by Crippen LogP contribution is 2.23. The molecule has 0 saturated heterocycles. The Balaban J connectivity index is 2.38. The Labute approximate surface area is 199 Å². The largest absolute Gasteiger partial charge is 0.354 e. The maximum absolute atomic E-state index is 13.4. The molecule has 0 fully saturated rings. The maximum Gasteiger partial charge on any atom is 0.244 e. The van der Waals surface area contributed by atoms with E-state index in [0.29, 0.717) is 12.2 Å². The summed E-state index contributed by atoms with van der Waals surface area (Å²) in [5.74, 6) is -0.741. The van der Waals surface area contributed by atoms with Crippen molar-refractivity contribution < 1.29 is 18.0 Å². The molecule has 0 unspecified atom stereocenters. The van der Waals surface area contributed by atoms with Crippen molar-refractivity contribution in [2.24, 2.45) is 0 Å². The SMILES string of the molecule is CCCNC(=O)[C@@H](C)N(Cc1cccc(Br)c1)C(=O)CN(c1ccccc1C)S(C)(=O)=O. The van der Waals surface area contributed by atoms with Gasteiger partial charge in [-0.1, -0.05) is 53.2 Å². The Morgan fingerprint density at radius 1 is 1.12 bits per heavy atom. The van der Waals surface area contributed by atoms with Crippen LogP contribution in [-0.4, -0.2) is 50.5 Å². The van der Waals surface area contributed by atoms with Gasteiger partial charge in [-0.2, -0.15) is 0 Å². The molecule has 0 radical (unpaired) electrons. The van der Waals surface area contributed by atoms with Crippen LogP contribution in [0.1, 0.15) is 31.4 Å². The van der Waals surface area contributed by atoms with E-state index in [2.05, 4.69) is 21.2 Å². The zero-order chi connectivity index (χ0) is 23.9. The molecule has 174 valence electrons. The highest BCUT2D eigenvalue weighted by atomic mass is 79.9. The maximum atomic E-state index is 13.4. The zero-order valence-electron chi connectivity index (χ0n) is 18.8. The number of nitrogens with zero attached hydrogens (tertiary/aromatic N) is 2. The summed E-state index contributed by atoms with van der Waals surface area (Å²) >= 11 is 3.42. The Morgan fingerprint density at radius 2 is 1.81 bits per heavy atom. The van der Waals surface area contributed by atoms with Gasteiger partial charge in [0.25, 0.3) is 0 Å². The molecule has 0 saturated carbocycles. The number of hydrogen-bond donors (Lipinski definition) is 1. The van der Waals surface area contributed by atoms with Crippen LogP contribution in [0.25, 0.3) is 0 Å². The number of carbonyl (C=O) groups excluding carboxylic acids is 2. The molecular formula is C23H30BrN3O4S. The summed E-state index contributed by atoms with van der Waals surface area (Å²) in [6.45, 7) is 5.66. The third-order valence-corrected chi connectivity index (χ3v) is 6.64. The van der Waals surface area contributed by atoms with E-state index in [-0.39, 0.29) is 12.5 Å². The van der Waals surface area contributed by atoms with Crippen LogP contribution in [-0.2, 0) is 26.2 Å². The molecular weight excluding hydrogens is 494 g/mol. The summed E-state index contributed by atoms with van der Waals surface area (Å²) < 4.78 is 27.1. The highest BCUT2D eigenvalue weighted by Gasteiger charge is 2.30. The van der Waals surface area contributed by atoms with E-state index in [4.69, 9.17) is 0 Å². The van der Waals surface area contributed by atoms with Gasteiger partial charge in [0.05, 0.1) is 11.9 Å². The van der Waals surface area contributed by atoms with Gasteiger partial charge in [0.1, 0.15) is 12.6 Å². The lowest BCUT2D eigenvalue weighted by molar-refractivity contribution is -0.139. The van der Waals surface area contributed by atoms with Crippen LogP contribution in [0.15, 0.2) is 53.0 Å². The number of aryl methyl sites for hydroxylation is 1. The first-order valence-corrected chi connectivity index (χ1v) is 13.0. The van der Waals surface area contributed by atoms with Crippen molar-refractivity contribution in [2.75, 3.05) is 23.7 Å². The Hall–Kier alpha value is -2.39. The molecule has 0 bridgehead atoms. The fourth-order valence-electron chi connectivity index (χ4n) is 3.25. The normalized spacial score (nSPS) is 12.2. The fourth-order valence-corrected chi connectivity index (χ4v) is 4.60. The molecule has 1 atom stereocenters. The van der Waals surface area contributed by atoms with Crippen molar-refractivity contribution >= 4 is 43.5 Å². The lowest BCUT2D eigenvalue weighted by Gasteiger charge is -2.32. The molecule has 0 aliphatic rings. The lowest BCUT2D eigenvalue weighted by atomic mass is 10.1. The summed E-state index contributed by atoms with van der Waals surface area (Å²) in [6.07, 6.45) is 1.84. The highest BCUT2D eigenvalue weighted by molar-refractivity contribution is 9.10. The minimum absolute atomic E-state index is 0.171. The first-order valence-electron chi connectivity index (χ1n) is 10.4. The van der Waals surface area contributed by atoms with E-state index in [9.17, 15) is 18.0 Å². The zero-order valence-corrected chi connectivity index (χ0v) is 21.2. The van der Waals surface area contributed by atoms with Crippen molar-refractivity contribution in [2.45, 2.75) is 39.8 Å². The first kappa shape index (κ1) is 25.9. The van der Waals surface area contributed by atoms with E-state index < -0.39 is 28.5 Å². The minimum atomic E-state index is -3.73. The second kappa shape index (κ2) is 11.5. The van der Waals surface area contributed by atoms with E-state index in [1.54, 1.807) is 38.1 Å². The van der Waals surface area contributed by atoms with Crippen LogP contribution < -0.4 is 9.62 Å². The number of carbonyl (C=O) groups is 2. The van der Waals surface area contributed by atoms with Gasteiger partial charge in [-0.15, -0.1) is 0 Å². The Bertz CT molecular complexity index is 1060. The topological polar surface area (TPSA) is 86.8 Å². The Kier molecular flexibility index (Phi) is 9.27. The number of amides is 2. The average molecular weight is 524 g/mol. The number of anilines is 1. The van der Waals surface area contributed by atoms with Gasteiger partial charge in [0, 0.05) is 17.6 Å². The van der Waals surface area contributed by atoms with Crippen molar-refractivity contribution in [1.82, 2.24) is 10.2 Å². The van der Waals surface area contributed by atoms with E-state index in [1.807, 2.05) is 31.2 Å². The molecule has 2 aromatic rings. The number of sulfonamides is 1. The predicted octanol–water partition coefficient (Wildman–Crippen LogP) is 3.47. The molecule has 0 aliphatic carbocycles. The van der Waals surface area contributed by atoms with Gasteiger partial charge in [-0.3, -0.25) is 13.9 Å². The van der Waals surface area contributed by atoms with Gasteiger partial charge in [-0.25, -0.2) is 8.42 Å². The van der Waals surface area contributed by atoms with Crippen molar-refractivity contribution in [3.8, 4) is 0 Å². The second-order valence-electron chi connectivity index (χ2n) is 7.67. The van der Waals surface area contributed by atoms with Crippen LogP contribution in [0, 0.1) is 6.92 Å². The molecule has 0 spiro atoms. The smallest absolute Gasteiger partial charge is 0.244 e. The molecule has 7 nitrogen and oxygen atoms in total. The lowest BCUT2D eigenvalue weighted by Crippen LogP contribution is -2.51. The third kappa shape index (κ3) is 7.06.